The van der Waals surface area contributed by atoms with Crippen molar-refractivity contribution in [1.82, 2.24) is 9.62 Å². The Hall–Kier alpha value is -1.21. The second-order valence-corrected chi connectivity index (χ2v) is 7.96. The number of rotatable bonds is 4. The van der Waals surface area contributed by atoms with Crippen molar-refractivity contribution in [3.63, 3.8) is 0 Å². The Morgan fingerprint density at radius 3 is 2.61 bits per heavy atom. The summed E-state index contributed by atoms with van der Waals surface area (Å²) >= 11 is 0. The number of hydrogen-bond donors (Lipinski definition) is 2. The predicted molar refractivity (Wildman–Crippen MR) is 92.0 cm³/mol. The van der Waals surface area contributed by atoms with Crippen LogP contribution >= 0.6 is 0 Å². The quantitative estimate of drug-likeness (QED) is 0.226. The fraction of sp³-hybridized carbons (Fsp3) is 0.500. The molecule has 2 N–H and O–H groups in total. The zero-order chi connectivity index (χ0) is 19.8. The van der Waals surface area contributed by atoms with Gasteiger partial charge in [-0.15, -0.1) is 0 Å². The summed E-state index contributed by atoms with van der Waals surface area (Å²) in [5.41, 5.74) is 1.28. The van der Waals surface area contributed by atoms with Gasteiger partial charge in [0.05, 0.1) is 6.61 Å². The van der Waals surface area contributed by atoms with Gasteiger partial charge in [0.25, 0.3) is 5.91 Å². The van der Waals surface area contributed by atoms with Crippen molar-refractivity contribution in [3.8, 4) is 5.75 Å². The number of ether oxygens (including phenoxy) is 3. The standard InChI is InChI=1S/C9H14N2O7S.C7H6O.Na.H/c1-9(2)17-3-5(18-9)7-6(10-4-12)8(13)11(7)19(14,15)16;1-2-6-4-7(3-1)8-5-6;;/h4-7H,3H2,1-2H3,(H,10,12)(H,14,15,16);1-4H,5H2;;/q;;+1;-1/t5?,6-,7+;;;/m0.../s1. The van der Waals surface area contributed by atoms with Gasteiger partial charge in [-0.2, -0.15) is 8.42 Å². The number of nitrogens with one attached hydrogen (secondary N) is 1. The van der Waals surface area contributed by atoms with E-state index in [0.717, 1.165) is 12.4 Å². The van der Waals surface area contributed by atoms with Crippen LogP contribution in [0.4, 0.5) is 0 Å². The van der Waals surface area contributed by atoms with Crippen LogP contribution in [-0.2, 0) is 36.0 Å². The molecule has 10 nitrogen and oxygen atoms in total. The zero-order valence-corrected chi connectivity index (χ0v) is 18.5. The average Bonchev–Trinajstić information content (AvgIpc) is 3.10. The van der Waals surface area contributed by atoms with E-state index >= 15 is 0 Å². The number of β-lactam (4-membered cyclic amide) rings is 1. The second-order valence-electron chi connectivity index (χ2n) is 6.67. The van der Waals surface area contributed by atoms with Crippen LogP contribution in [0.5, 0.6) is 5.75 Å². The van der Waals surface area contributed by atoms with Crippen LogP contribution in [0, 0.1) is 0 Å². The first-order chi connectivity index (χ1) is 12.6. The minimum atomic E-state index is -4.70. The first kappa shape index (κ1) is 23.1. The van der Waals surface area contributed by atoms with Gasteiger partial charge in [-0.25, -0.2) is 4.31 Å². The van der Waals surface area contributed by atoms with Gasteiger partial charge in [0.15, 0.2) is 5.79 Å². The van der Waals surface area contributed by atoms with Gasteiger partial charge >= 0.3 is 39.9 Å². The molecule has 28 heavy (non-hydrogen) atoms. The molecule has 3 aliphatic heterocycles. The maximum Gasteiger partial charge on any atom is 1.00 e. The molecule has 1 aromatic carbocycles. The van der Waals surface area contributed by atoms with Crippen LogP contribution in [0.2, 0.25) is 0 Å². The average molecular weight is 424 g/mol. The Kier molecular flexibility index (Phi) is 7.13. The van der Waals surface area contributed by atoms with E-state index < -0.39 is 40.2 Å². The Balaban J connectivity index is 0.000000352. The van der Waals surface area contributed by atoms with Crippen LogP contribution in [0.15, 0.2) is 24.3 Å². The number of amides is 2. The first-order valence-electron chi connectivity index (χ1n) is 8.16. The smallest absolute Gasteiger partial charge is 1.00 e. The molecule has 3 aliphatic rings. The maximum absolute atomic E-state index is 11.6. The van der Waals surface area contributed by atoms with Gasteiger partial charge in [-0.1, -0.05) is 12.1 Å². The minimum Gasteiger partial charge on any atom is -1.00 e. The fourth-order valence-electron chi connectivity index (χ4n) is 3.14. The molecule has 2 amide bonds. The van der Waals surface area contributed by atoms with Crippen molar-refractivity contribution < 1.29 is 67.8 Å². The van der Waals surface area contributed by atoms with E-state index in [2.05, 4.69) is 17.4 Å². The van der Waals surface area contributed by atoms with E-state index in [1.54, 1.807) is 13.8 Å². The summed E-state index contributed by atoms with van der Waals surface area (Å²) in [6.07, 6.45) is -0.468. The topological polar surface area (TPSA) is 131 Å². The number of carbonyl (C=O) groups excluding carboxylic acids is 2. The summed E-state index contributed by atoms with van der Waals surface area (Å²) in [6.45, 7) is 4.08. The Labute approximate surface area is 186 Å². The van der Waals surface area contributed by atoms with Gasteiger partial charge in [-0.05, 0) is 31.5 Å². The van der Waals surface area contributed by atoms with Crippen LogP contribution in [0.25, 0.3) is 0 Å². The van der Waals surface area contributed by atoms with E-state index in [0.29, 0.717) is 4.31 Å². The summed E-state index contributed by atoms with van der Waals surface area (Å²) in [4.78, 5) is 22.0. The van der Waals surface area contributed by atoms with Crippen molar-refractivity contribution in [3.05, 3.63) is 29.8 Å². The van der Waals surface area contributed by atoms with Gasteiger partial charge in [0.2, 0.25) is 6.41 Å². The predicted octanol–water partition coefficient (Wildman–Crippen LogP) is -3.04. The van der Waals surface area contributed by atoms with Crippen LogP contribution < -0.4 is 39.6 Å². The molecular weight excluding hydrogens is 403 g/mol. The first-order valence-corrected chi connectivity index (χ1v) is 9.56. The normalized spacial score (nSPS) is 26.9. The Morgan fingerprint density at radius 1 is 1.39 bits per heavy atom. The number of hydrogen-bond acceptors (Lipinski definition) is 7. The summed E-state index contributed by atoms with van der Waals surface area (Å²) in [7, 11) is -4.70. The third-order valence-corrected chi connectivity index (χ3v) is 5.23. The number of nitrogens with zero attached hydrogens (tertiary/aromatic N) is 1. The molecule has 150 valence electrons. The summed E-state index contributed by atoms with van der Waals surface area (Å²) in [5, 5.41) is 2.21. The molecule has 0 radical (unpaired) electrons. The van der Waals surface area contributed by atoms with Crippen molar-refractivity contribution in [1.29, 1.82) is 0 Å². The van der Waals surface area contributed by atoms with Crippen molar-refractivity contribution in [2.45, 2.75) is 44.4 Å². The Bertz CT molecular complexity index is 834. The van der Waals surface area contributed by atoms with Gasteiger partial charge in [0, 0.05) is 0 Å². The molecule has 3 heterocycles. The van der Waals surface area contributed by atoms with E-state index in [1.165, 1.54) is 5.56 Å². The summed E-state index contributed by atoms with van der Waals surface area (Å²) in [5.74, 6) is -0.824. The second kappa shape index (κ2) is 8.66. The van der Waals surface area contributed by atoms with Gasteiger partial charge < -0.3 is 21.0 Å². The molecule has 12 heteroatoms. The zero-order valence-electron chi connectivity index (χ0n) is 16.7. The fourth-order valence-corrected chi connectivity index (χ4v) is 4.04. The van der Waals surface area contributed by atoms with Crippen LogP contribution in [0.1, 0.15) is 20.8 Å². The molecule has 0 saturated carbocycles. The molecule has 2 fully saturated rings. The molecule has 4 rings (SSSR count). The maximum atomic E-state index is 11.6. The molecule has 0 aromatic heterocycles. The Morgan fingerprint density at radius 2 is 2.11 bits per heavy atom. The molecule has 3 atom stereocenters. The summed E-state index contributed by atoms with van der Waals surface area (Å²) < 4.78 is 47.5. The third-order valence-electron chi connectivity index (χ3n) is 4.31. The van der Waals surface area contributed by atoms with E-state index in [1.807, 2.05) is 12.1 Å². The van der Waals surface area contributed by atoms with E-state index in [9.17, 15) is 18.0 Å². The number of carbonyl (C=O) groups is 2. The minimum absolute atomic E-state index is 0. The van der Waals surface area contributed by atoms with E-state index in [4.69, 9.17) is 18.8 Å². The number of benzene rings is 1. The molecule has 0 aliphatic carbocycles. The van der Waals surface area contributed by atoms with Gasteiger partial charge in [0.1, 0.15) is 30.5 Å². The van der Waals surface area contributed by atoms with Gasteiger partial charge in [-0.3, -0.25) is 14.1 Å². The SMILES string of the molecule is CC1(C)OCC([C@@H]2[C@H](NC=O)C(=O)N2S(=O)(=O)O)O1.[H-].[Na+].c1cc2cc(c1)OC2. The van der Waals surface area contributed by atoms with Crippen LogP contribution in [0.3, 0.4) is 0 Å². The molecular formula is C16H21N2NaO8S. The molecule has 0 spiro atoms. The number of fused-ring (bicyclic) bond motifs is 2. The van der Waals surface area contributed by atoms with Crippen LogP contribution in [-0.4, -0.2) is 60.2 Å². The molecule has 1 aromatic rings. The monoisotopic (exact) mass is 424 g/mol. The van der Waals surface area contributed by atoms with Crippen molar-refractivity contribution in [2.24, 2.45) is 0 Å². The molecule has 2 saturated heterocycles. The molecule has 1 unspecified atom stereocenters. The van der Waals surface area contributed by atoms with E-state index in [-0.39, 0.29) is 44.0 Å². The molecule has 2 bridgehead atoms. The van der Waals surface area contributed by atoms with Crippen molar-refractivity contribution >= 4 is 22.6 Å². The van der Waals surface area contributed by atoms with Crippen molar-refractivity contribution in [2.75, 3.05) is 6.61 Å². The largest absolute Gasteiger partial charge is 1.00 e. The third kappa shape index (κ3) is 4.85. The summed E-state index contributed by atoms with van der Waals surface area (Å²) in [6, 6.07) is 6.03.